The Morgan fingerprint density at radius 2 is 1.73 bits per heavy atom. The van der Waals surface area contributed by atoms with Crippen LogP contribution in [0.4, 0.5) is 5.69 Å². The van der Waals surface area contributed by atoms with Crippen LogP contribution in [-0.2, 0) is 0 Å². The fraction of sp³-hybridized carbons (Fsp3) is 0.250. The summed E-state index contributed by atoms with van der Waals surface area (Å²) in [5.41, 5.74) is 2.11. The lowest BCUT2D eigenvalue weighted by Crippen LogP contribution is -1.91. The summed E-state index contributed by atoms with van der Waals surface area (Å²) in [6.07, 6.45) is 0. The van der Waals surface area contributed by atoms with Gasteiger partial charge in [0.05, 0.1) is 10.0 Å². The second kappa shape index (κ2) is 3.33. The summed E-state index contributed by atoms with van der Waals surface area (Å²) in [5.74, 6) is 0. The van der Waals surface area contributed by atoms with Crippen molar-refractivity contribution in [1.82, 2.24) is 0 Å². The number of nitrogens with one attached hydrogen (secondary N) is 1. The minimum absolute atomic E-state index is 0.585. The Labute approximate surface area is 76.3 Å². The highest BCUT2D eigenvalue weighted by Gasteiger charge is 2.01. The molecule has 0 spiro atoms. The standard InChI is InChI=1S/C8H9Cl2N/c1-5-3-6(9)7(10)4-8(5)11-2/h3-4,11H,1-2H3. The van der Waals surface area contributed by atoms with E-state index in [9.17, 15) is 0 Å². The topological polar surface area (TPSA) is 12.0 Å². The van der Waals surface area contributed by atoms with E-state index < -0.39 is 0 Å². The monoisotopic (exact) mass is 189 g/mol. The van der Waals surface area contributed by atoms with E-state index in [1.807, 2.05) is 26.1 Å². The maximum atomic E-state index is 5.79. The maximum Gasteiger partial charge on any atom is 0.0613 e. The molecule has 0 heterocycles. The molecule has 11 heavy (non-hydrogen) atoms. The first-order chi connectivity index (χ1) is 5.15. The Kier molecular flexibility index (Phi) is 2.63. The average molecular weight is 190 g/mol. The van der Waals surface area contributed by atoms with Gasteiger partial charge < -0.3 is 5.32 Å². The average Bonchev–Trinajstić information content (AvgIpc) is 1.97. The molecule has 0 aliphatic rings. The van der Waals surface area contributed by atoms with Gasteiger partial charge in [0.15, 0.2) is 0 Å². The van der Waals surface area contributed by atoms with Crippen molar-refractivity contribution in [2.75, 3.05) is 12.4 Å². The van der Waals surface area contributed by atoms with Gasteiger partial charge in [-0.1, -0.05) is 23.2 Å². The van der Waals surface area contributed by atoms with Gasteiger partial charge >= 0.3 is 0 Å². The quantitative estimate of drug-likeness (QED) is 0.715. The van der Waals surface area contributed by atoms with E-state index in [1.54, 1.807) is 0 Å². The van der Waals surface area contributed by atoms with Crippen LogP contribution < -0.4 is 5.32 Å². The highest BCUT2D eigenvalue weighted by Crippen LogP contribution is 2.27. The Morgan fingerprint density at radius 1 is 1.18 bits per heavy atom. The molecule has 0 aromatic heterocycles. The molecule has 0 atom stereocenters. The fourth-order valence-electron chi connectivity index (χ4n) is 0.916. The van der Waals surface area contributed by atoms with Crippen molar-refractivity contribution >= 4 is 28.9 Å². The third kappa shape index (κ3) is 1.79. The molecule has 1 nitrogen and oxygen atoms in total. The molecule has 60 valence electrons. The lowest BCUT2D eigenvalue weighted by atomic mass is 10.2. The van der Waals surface area contributed by atoms with E-state index in [0.29, 0.717) is 10.0 Å². The summed E-state index contributed by atoms with van der Waals surface area (Å²) >= 11 is 11.6. The zero-order valence-electron chi connectivity index (χ0n) is 6.41. The van der Waals surface area contributed by atoms with E-state index in [0.717, 1.165) is 11.3 Å². The van der Waals surface area contributed by atoms with Crippen LogP contribution in [0, 0.1) is 6.92 Å². The van der Waals surface area contributed by atoms with Crippen LogP contribution in [0.5, 0.6) is 0 Å². The molecule has 1 rings (SSSR count). The molecule has 0 amide bonds. The molecule has 0 saturated heterocycles. The number of rotatable bonds is 1. The second-order valence-corrected chi connectivity index (χ2v) is 3.15. The molecule has 0 aliphatic carbocycles. The summed E-state index contributed by atoms with van der Waals surface area (Å²) in [5, 5.41) is 4.21. The molecule has 1 aromatic carbocycles. The van der Waals surface area contributed by atoms with Crippen LogP contribution in [0.25, 0.3) is 0 Å². The Bertz CT molecular complexity index is 271. The first-order valence-corrected chi connectivity index (χ1v) is 4.04. The van der Waals surface area contributed by atoms with E-state index >= 15 is 0 Å². The number of benzene rings is 1. The zero-order valence-corrected chi connectivity index (χ0v) is 7.92. The van der Waals surface area contributed by atoms with Crippen molar-refractivity contribution in [2.45, 2.75) is 6.92 Å². The van der Waals surface area contributed by atoms with Gasteiger partial charge in [-0.05, 0) is 24.6 Å². The summed E-state index contributed by atoms with van der Waals surface area (Å²) in [6.45, 7) is 1.98. The van der Waals surface area contributed by atoms with Crippen LogP contribution in [0.1, 0.15) is 5.56 Å². The van der Waals surface area contributed by atoms with E-state index in [-0.39, 0.29) is 0 Å². The van der Waals surface area contributed by atoms with Crippen molar-refractivity contribution < 1.29 is 0 Å². The number of hydrogen-bond acceptors (Lipinski definition) is 1. The van der Waals surface area contributed by atoms with Gasteiger partial charge in [-0.15, -0.1) is 0 Å². The highest BCUT2D eigenvalue weighted by molar-refractivity contribution is 6.42. The molecule has 1 aromatic rings. The molecule has 1 N–H and O–H groups in total. The van der Waals surface area contributed by atoms with Gasteiger partial charge in [0, 0.05) is 12.7 Å². The SMILES string of the molecule is CNc1cc(Cl)c(Cl)cc1C. The van der Waals surface area contributed by atoms with E-state index in [1.165, 1.54) is 0 Å². The molecule has 0 unspecified atom stereocenters. The first-order valence-electron chi connectivity index (χ1n) is 3.28. The van der Waals surface area contributed by atoms with Crippen molar-refractivity contribution in [3.8, 4) is 0 Å². The molecule has 0 bridgehead atoms. The van der Waals surface area contributed by atoms with Gasteiger partial charge in [-0.3, -0.25) is 0 Å². The molecule has 0 saturated carbocycles. The number of hydrogen-bond donors (Lipinski definition) is 1. The summed E-state index contributed by atoms with van der Waals surface area (Å²) in [6, 6.07) is 3.66. The molecular weight excluding hydrogens is 181 g/mol. The van der Waals surface area contributed by atoms with Crippen LogP contribution in [-0.4, -0.2) is 7.05 Å². The van der Waals surface area contributed by atoms with Crippen LogP contribution in [0.15, 0.2) is 12.1 Å². The first kappa shape index (κ1) is 8.69. The molecule has 3 heteroatoms. The fourth-order valence-corrected chi connectivity index (χ4v) is 1.30. The molecule has 0 radical (unpaired) electrons. The Morgan fingerprint density at radius 3 is 2.27 bits per heavy atom. The second-order valence-electron chi connectivity index (χ2n) is 2.33. The predicted molar refractivity (Wildman–Crippen MR) is 50.7 cm³/mol. The number of anilines is 1. The Balaban J connectivity index is 3.21. The molecule has 0 fully saturated rings. The Hall–Kier alpha value is -0.400. The highest BCUT2D eigenvalue weighted by atomic mass is 35.5. The van der Waals surface area contributed by atoms with E-state index in [4.69, 9.17) is 23.2 Å². The molecular formula is C8H9Cl2N. The van der Waals surface area contributed by atoms with Crippen molar-refractivity contribution in [1.29, 1.82) is 0 Å². The van der Waals surface area contributed by atoms with Crippen LogP contribution >= 0.6 is 23.2 Å². The maximum absolute atomic E-state index is 5.79. The van der Waals surface area contributed by atoms with Gasteiger partial charge in [0.2, 0.25) is 0 Å². The van der Waals surface area contributed by atoms with Crippen molar-refractivity contribution in [3.63, 3.8) is 0 Å². The predicted octanol–water partition coefficient (Wildman–Crippen LogP) is 3.34. The minimum atomic E-state index is 0.585. The van der Waals surface area contributed by atoms with Crippen LogP contribution in [0.3, 0.4) is 0 Å². The molecule has 0 aliphatic heterocycles. The smallest absolute Gasteiger partial charge is 0.0613 e. The minimum Gasteiger partial charge on any atom is -0.388 e. The number of aryl methyl sites for hydroxylation is 1. The largest absolute Gasteiger partial charge is 0.388 e. The zero-order chi connectivity index (χ0) is 8.43. The summed E-state index contributed by atoms with van der Waals surface area (Å²) in [7, 11) is 1.85. The van der Waals surface area contributed by atoms with Gasteiger partial charge in [0.25, 0.3) is 0 Å². The van der Waals surface area contributed by atoms with Crippen LogP contribution in [0.2, 0.25) is 10.0 Å². The lowest BCUT2D eigenvalue weighted by molar-refractivity contribution is 1.41. The summed E-state index contributed by atoms with van der Waals surface area (Å²) in [4.78, 5) is 0. The van der Waals surface area contributed by atoms with Crippen molar-refractivity contribution in [3.05, 3.63) is 27.7 Å². The number of halogens is 2. The summed E-state index contributed by atoms with van der Waals surface area (Å²) < 4.78 is 0. The van der Waals surface area contributed by atoms with Crippen molar-refractivity contribution in [2.24, 2.45) is 0 Å². The van der Waals surface area contributed by atoms with Gasteiger partial charge in [-0.2, -0.15) is 0 Å². The third-order valence-corrected chi connectivity index (χ3v) is 2.26. The van der Waals surface area contributed by atoms with Gasteiger partial charge in [-0.25, -0.2) is 0 Å². The third-order valence-electron chi connectivity index (χ3n) is 1.54. The van der Waals surface area contributed by atoms with Gasteiger partial charge in [0.1, 0.15) is 0 Å². The normalized spacial score (nSPS) is 9.82. The lowest BCUT2D eigenvalue weighted by Gasteiger charge is -2.05. The van der Waals surface area contributed by atoms with E-state index in [2.05, 4.69) is 5.32 Å².